The van der Waals surface area contributed by atoms with Crippen LogP contribution in [0, 0.1) is 0 Å². The largest absolute Gasteiger partial charge is 0.315 e. The van der Waals surface area contributed by atoms with Gasteiger partial charge in [0.1, 0.15) is 11.3 Å². The number of hydrogen-bond donors (Lipinski definition) is 1. The molecular formula is C18H20N4O2S. The Morgan fingerprint density at radius 2 is 1.96 bits per heavy atom. The molecule has 0 spiro atoms. The Morgan fingerprint density at radius 1 is 1.16 bits per heavy atom. The molecule has 0 bridgehead atoms. The summed E-state index contributed by atoms with van der Waals surface area (Å²) >= 11 is 0. The van der Waals surface area contributed by atoms with Crippen molar-refractivity contribution in [3.63, 3.8) is 0 Å². The molecule has 4 rings (SSSR count). The molecule has 25 heavy (non-hydrogen) atoms. The summed E-state index contributed by atoms with van der Waals surface area (Å²) in [5.74, 6) is 0.634. The van der Waals surface area contributed by atoms with Crippen molar-refractivity contribution < 1.29 is 8.42 Å². The van der Waals surface area contributed by atoms with E-state index in [1.54, 1.807) is 12.3 Å². The van der Waals surface area contributed by atoms with E-state index in [0.717, 1.165) is 36.0 Å². The molecule has 0 amide bonds. The lowest BCUT2D eigenvalue weighted by molar-refractivity contribution is 0.577. The third-order valence-electron chi connectivity index (χ3n) is 4.77. The number of aryl methyl sites for hydroxylation is 3. The highest BCUT2D eigenvalue weighted by atomic mass is 32.2. The number of pyridine rings is 1. The van der Waals surface area contributed by atoms with Gasteiger partial charge >= 0.3 is 0 Å². The number of nitrogens with one attached hydrogen (secondary N) is 1. The van der Waals surface area contributed by atoms with E-state index in [9.17, 15) is 8.42 Å². The molecule has 3 aromatic rings. The SMILES string of the molecule is Cn1c(CNS(=O)(=O)c2ccc3c(c2)CCCC3)nc2cccnc21. The van der Waals surface area contributed by atoms with Crippen LogP contribution in [-0.4, -0.2) is 23.0 Å². The molecule has 0 radical (unpaired) electrons. The first-order valence-electron chi connectivity index (χ1n) is 8.42. The van der Waals surface area contributed by atoms with Gasteiger partial charge in [0.25, 0.3) is 0 Å². The second-order valence-electron chi connectivity index (χ2n) is 6.40. The van der Waals surface area contributed by atoms with Gasteiger partial charge in [-0.1, -0.05) is 6.07 Å². The topological polar surface area (TPSA) is 76.9 Å². The zero-order valence-electron chi connectivity index (χ0n) is 14.1. The molecule has 0 saturated heterocycles. The zero-order valence-corrected chi connectivity index (χ0v) is 14.9. The minimum atomic E-state index is -3.57. The fourth-order valence-electron chi connectivity index (χ4n) is 3.35. The van der Waals surface area contributed by atoms with Gasteiger partial charge in [-0.2, -0.15) is 0 Å². The van der Waals surface area contributed by atoms with Gasteiger partial charge in [0.2, 0.25) is 10.0 Å². The summed E-state index contributed by atoms with van der Waals surface area (Å²) in [4.78, 5) is 9.05. The van der Waals surface area contributed by atoms with E-state index >= 15 is 0 Å². The third-order valence-corrected chi connectivity index (χ3v) is 6.17. The van der Waals surface area contributed by atoms with Crippen LogP contribution >= 0.6 is 0 Å². The van der Waals surface area contributed by atoms with Gasteiger partial charge in [-0.05, 0) is 61.1 Å². The lowest BCUT2D eigenvalue weighted by Crippen LogP contribution is -2.25. The first kappa shape index (κ1) is 16.2. The van der Waals surface area contributed by atoms with E-state index in [-0.39, 0.29) is 6.54 Å². The van der Waals surface area contributed by atoms with Crippen molar-refractivity contribution in [1.82, 2.24) is 19.3 Å². The molecule has 2 heterocycles. The van der Waals surface area contributed by atoms with E-state index in [4.69, 9.17) is 0 Å². The van der Waals surface area contributed by atoms with Crippen LogP contribution in [0.4, 0.5) is 0 Å². The Bertz CT molecular complexity index is 1040. The van der Waals surface area contributed by atoms with Crippen molar-refractivity contribution in [2.75, 3.05) is 0 Å². The Morgan fingerprint density at radius 3 is 2.76 bits per heavy atom. The Balaban J connectivity index is 1.58. The zero-order chi connectivity index (χ0) is 17.4. The van der Waals surface area contributed by atoms with E-state index in [1.165, 1.54) is 12.0 Å². The fraction of sp³-hybridized carbons (Fsp3) is 0.333. The predicted molar refractivity (Wildman–Crippen MR) is 95.6 cm³/mol. The Kier molecular flexibility index (Phi) is 4.05. The number of benzene rings is 1. The van der Waals surface area contributed by atoms with Crippen LogP contribution in [0.2, 0.25) is 0 Å². The van der Waals surface area contributed by atoms with E-state index in [1.807, 2.05) is 35.9 Å². The third kappa shape index (κ3) is 3.05. The lowest BCUT2D eigenvalue weighted by atomic mass is 9.92. The Labute approximate surface area is 147 Å². The van der Waals surface area contributed by atoms with Crippen LogP contribution in [0.5, 0.6) is 0 Å². The van der Waals surface area contributed by atoms with Crippen LogP contribution in [0.15, 0.2) is 41.4 Å². The van der Waals surface area contributed by atoms with Crippen molar-refractivity contribution in [3.05, 3.63) is 53.5 Å². The number of hydrogen-bond acceptors (Lipinski definition) is 4. The van der Waals surface area contributed by atoms with Gasteiger partial charge in [-0.3, -0.25) is 0 Å². The second-order valence-corrected chi connectivity index (χ2v) is 8.16. The normalized spacial score (nSPS) is 14.6. The molecule has 0 fully saturated rings. The van der Waals surface area contributed by atoms with Crippen LogP contribution in [0.1, 0.15) is 29.8 Å². The molecule has 2 aromatic heterocycles. The predicted octanol–water partition coefficient (Wildman–Crippen LogP) is 2.33. The summed E-state index contributed by atoms with van der Waals surface area (Å²) in [6, 6.07) is 9.14. The van der Waals surface area contributed by atoms with Crippen molar-refractivity contribution in [2.45, 2.75) is 37.1 Å². The van der Waals surface area contributed by atoms with Crippen LogP contribution in [0.3, 0.4) is 0 Å². The maximum Gasteiger partial charge on any atom is 0.240 e. The molecule has 1 aliphatic rings. The summed E-state index contributed by atoms with van der Waals surface area (Å²) in [5.41, 5.74) is 3.92. The summed E-state index contributed by atoms with van der Waals surface area (Å²) in [6.07, 6.45) is 5.99. The van der Waals surface area contributed by atoms with Crippen molar-refractivity contribution in [1.29, 1.82) is 0 Å². The van der Waals surface area contributed by atoms with Gasteiger partial charge in [0, 0.05) is 13.2 Å². The van der Waals surface area contributed by atoms with Gasteiger partial charge in [0.15, 0.2) is 5.65 Å². The van der Waals surface area contributed by atoms with Crippen LogP contribution < -0.4 is 4.72 Å². The Hall–Kier alpha value is -2.25. The second kappa shape index (κ2) is 6.24. The average molecular weight is 356 g/mol. The number of aromatic nitrogens is 3. The smallest absolute Gasteiger partial charge is 0.240 e. The molecule has 1 aliphatic carbocycles. The number of sulfonamides is 1. The number of rotatable bonds is 4. The number of fused-ring (bicyclic) bond motifs is 2. The maximum atomic E-state index is 12.7. The van der Waals surface area contributed by atoms with Crippen molar-refractivity contribution in [2.24, 2.45) is 7.05 Å². The van der Waals surface area contributed by atoms with E-state index in [0.29, 0.717) is 10.7 Å². The minimum Gasteiger partial charge on any atom is -0.315 e. The average Bonchev–Trinajstić information content (AvgIpc) is 2.96. The van der Waals surface area contributed by atoms with Crippen molar-refractivity contribution >= 4 is 21.2 Å². The molecule has 1 N–H and O–H groups in total. The molecule has 0 aliphatic heterocycles. The number of imidazole rings is 1. The maximum absolute atomic E-state index is 12.7. The molecule has 0 atom stereocenters. The molecular weight excluding hydrogens is 336 g/mol. The first-order chi connectivity index (χ1) is 12.0. The van der Waals surface area contributed by atoms with Gasteiger partial charge < -0.3 is 4.57 Å². The quantitative estimate of drug-likeness (QED) is 0.778. The van der Waals surface area contributed by atoms with E-state index in [2.05, 4.69) is 14.7 Å². The number of nitrogens with zero attached hydrogens (tertiary/aromatic N) is 3. The summed E-state index contributed by atoms with van der Waals surface area (Å²) < 4.78 is 29.8. The van der Waals surface area contributed by atoms with Crippen LogP contribution in [-0.2, 0) is 36.5 Å². The summed E-state index contributed by atoms with van der Waals surface area (Å²) in [7, 11) is -1.73. The van der Waals surface area contributed by atoms with Gasteiger partial charge in [-0.25, -0.2) is 23.1 Å². The van der Waals surface area contributed by atoms with E-state index < -0.39 is 10.0 Å². The van der Waals surface area contributed by atoms with Gasteiger partial charge in [0.05, 0.1) is 11.4 Å². The van der Waals surface area contributed by atoms with Crippen LogP contribution in [0.25, 0.3) is 11.2 Å². The standard InChI is InChI=1S/C18H20N4O2S/c1-22-17(21-16-7-4-10-19-18(16)22)12-20-25(23,24)15-9-8-13-5-2-3-6-14(13)11-15/h4,7-11,20H,2-3,5-6,12H2,1H3. The minimum absolute atomic E-state index is 0.131. The highest BCUT2D eigenvalue weighted by Gasteiger charge is 2.19. The summed E-state index contributed by atoms with van der Waals surface area (Å²) in [6.45, 7) is 0.131. The molecule has 0 unspecified atom stereocenters. The molecule has 0 saturated carbocycles. The monoisotopic (exact) mass is 356 g/mol. The molecule has 6 nitrogen and oxygen atoms in total. The fourth-order valence-corrected chi connectivity index (χ4v) is 4.38. The molecule has 1 aromatic carbocycles. The van der Waals surface area contributed by atoms with Crippen molar-refractivity contribution in [3.8, 4) is 0 Å². The highest BCUT2D eigenvalue weighted by Crippen LogP contribution is 2.24. The highest BCUT2D eigenvalue weighted by molar-refractivity contribution is 7.89. The molecule has 7 heteroatoms. The lowest BCUT2D eigenvalue weighted by Gasteiger charge is -2.16. The first-order valence-corrected chi connectivity index (χ1v) is 9.91. The van der Waals surface area contributed by atoms with Gasteiger partial charge in [-0.15, -0.1) is 0 Å². The summed E-state index contributed by atoms with van der Waals surface area (Å²) in [5, 5.41) is 0. The molecule has 130 valence electrons.